The van der Waals surface area contributed by atoms with Gasteiger partial charge in [-0.2, -0.15) is 0 Å². The summed E-state index contributed by atoms with van der Waals surface area (Å²) in [4.78, 5) is 13.0. The third-order valence-electron chi connectivity index (χ3n) is 2.28. The minimum atomic E-state index is 0.0253. The second-order valence-corrected chi connectivity index (χ2v) is 3.32. The van der Waals surface area contributed by atoms with Crippen LogP contribution in [-0.2, 0) is 4.79 Å². The predicted molar refractivity (Wildman–Crippen MR) is 47.2 cm³/mol. The SMILES string of the molecule is C#CCC(=O)N1CC(C)C(N)C1. The summed E-state index contributed by atoms with van der Waals surface area (Å²) < 4.78 is 0. The first kappa shape index (κ1) is 9.08. The Balaban J connectivity index is 2.47. The van der Waals surface area contributed by atoms with Crippen LogP contribution in [0.25, 0.3) is 0 Å². The Bertz CT molecular complexity index is 209. The van der Waals surface area contributed by atoms with Gasteiger partial charge in [-0.05, 0) is 5.92 Å². The third kappa shape index (κ3) is 1.77. The molecule has 0 bridgehead atoms. The number of amides is 1. The summed E-state index contributed by atoms with van der Waals surface area (Å²) in [5.41, 5.74) is 5.76. The van der Waals surface area contributed by atoms with E-state index in [4.69, 9.17) is 12.2 Å². The fourth-order valence-corrected chi connectivity index (χ4v) is 1.39. The molecule has 3 nitrogen and oxygen atoms in total. The molecule has 0 aliphatic carbocycles. The van der Waals surface area contributed by atoms with Gasteiger partial charge in [0.2, 0.25) is 5.91 Å². The minimum Gasteiger partial charge on any atom is -0.340 e. The molecule has 1 fully saturated rings. The van der Waals surface area contributed by atoms with Gasteiger partial charge in [-0.25, -0.2) is 0 Å². The molecule has 1 heterocycles. The molecular formula is C9H14N2O. The fourth-order valence-electron chi connectivity index (χ4n) is 1.39. The molecule has 1 saturated heterocycles. The van der Waals surface area contributed by atoms with Crippen LogP contribution in [0.15, 0.2) is 0 Å². The van der Waals surface area contributed by atoms with E-state index in [9.17, 15) is 4.79 Å². The van der Waals surface area contributed by atoms with Crippen molar-refractivity contribution in [3.05, 3.63) is 0 Å². The Morgan fingerprint density at radius 1 is 1.75 bits per heavy atom. The van der Waals surface area contributed by atoms with Gasteiger partial charge in [0.15, 0.2) is 0 Å². The van der Waals surface area contributed by atoms with Crippen LogP contribution in [-0.4, -0.2) is 29.9 Å². The molecule has 0 spiro atoms. The van der Waals surface area contributed by atoms with E-state index in [0.717, 1.165) is 6.54 Å². The number of nitrogens with zero attached hydrogens (tertiary/aromatic N) is 1. The zero-order chi connectivity index (χ0) is 9.14. The van der Waals surface area contributed by atoms with Crippen molar-refractivity contribution in [2.45, 2.75) is 19.4 Å². The Labute approximate surface area is 72.9 Å². The quantitative estimate of drug-likeness (QED) is 0.549. The van der Waals surface area contributed by atoms with Crippen molar-refractivity contribution in [2.24, 2.45) is 11.7 Å². The normalized spacial score (nSPS) is 28.6. The average molecular weight is 166 g/mol. The first-order valence-corrected chi connectivity index (χ1v) is 4.12. The van der Waals surface area contributed by atoms with Gasteiger partial charge in [0.25, 0.3) is 0 Å². The molecule has 0 aromatic rings. The van der Waals surface area contributed by atoms with Crippen LogP contribution in [0.3, 0.4) is 0 Å². The van der Waals surface area contributed by atoms with Gasteiger partial charge in [-0.3, -0.25) is 4.79 Å². The monoisotopic (exact) mass is 166 g/mol. The van der Waals surface area contributed by atoms with E-state index < -0.39 is 0 Å². The molecule has 2 atom stereocenters. The van der Waals surface area contributed by atoms with E-state index in [1.54, 1.807) is 4.90 Å². The number of terminal acetylenes is 1. The van der Waals surface area contributed by atoms with Crippen LogP contribution in [0, 0.1) is 18.3 Å². The molecule has 3 heteroatoms. The molecule has 66 valence electrons. The first-order chi connectivity index (χ1) is 5.65. The summed E-state index contributed by atoms with van der Waals surface area (Å²) in [6.45, 7) is 3.46. The molecule has 2 N–H and O–H groups in total. The molecule has 12 heavy (non-hydrogen) atoms. The van der Waals surface area contributed by atoms with Crippen LogP contribution >= 0.6 is 0 Å². The summed E-state index contributed by atoms with van der Waals surface area (Å²) >= 11 is 0. The maximum Gasteiger partial charge on any atom is 0.234 e. The molecule has 0 aromatic heterocycles. The van der Waals surface area contributed by atoms with Crippen molar-refractivity contribution in [2.75, 3.05) is 13.1 Å². The Hall–Kier alpha value is -1.01. The standard InChI is InChI=1S/C9H14N2O/c1-3-4-9(12)11-5-7(2)8(10)6-11/h1,7-8H,4-6,10H2,2H3. The van der Waals surface area contributed by atoms with Gasteiger partial charge in [0.05, 0.1) is 6.42 Å². The molecule has 1 aliphatic heterocycles. The topological polar surface area (TPSA) is 46.3 Å². The van der Waals surface area contributed by atoms with Gasteiger partial charge in [-0.1, -0.05) is 12.8 Å². The zero-order valence-electron chi connectivity index (χ0n) is 7.29. The largest absolute Gasteiger partial charge is 0.340 e. The number of carbonyl (C=O) groups is 1. The highest BCUT2D eigenvalue weighted by molar-refractivity contribution is 5.78. The lowest BCUT2D eigenvalue weighted by molar-refractivity contribution is -0.129. The average Bonchev–Trinajstić information content (AvgIpc) is 2.33. The number of hydrogen-bond acceptors (Lipinski definition) is 2. The molecule has 0 saturated carbocycles. The molecule has 1 amide bonds. The van der Waals surface area contributed by atoms with E-state index in [1.807, 2.05) is 6.92 Å². The lowest BCUT2D eigenvalue weighted by Crippen LogP contribution is -2.31. The van der Waals surface area contributed by atoms with Crippen molar-refractivity contribution in [1.82, 2.24) is 4.90 Å². The summed E-state index contributed by atoms with van der Waals surface area (Å²) in [6.07, 6.45) is 5.23. The second kappa shape index (κ2) is 3.59. The highest BCUT2D eigenvalue weighted by atomic mass is 16.2. The maximum absolute atomic E-state index is 11.3. The van der Waals surface area contributed by atoms with Crippen molar-refractivity contribution in [3.63, 3.8) is 0 Å². The molecule has 0 aromatic carbocycles. The van der Waals surface area contributed by atoms with Crippen LogP contribution in [0.1, 0.15) is 13.3 Å². The van der Waals surface area contributed by atoms with Gasteiger partial charge >= 0.3 is 0 Å². The Kier molecular flexibility index (Phi) is 2.72. The highest BCUT2D eigenvalue weighted by Crippen LogP contribution is 2.14. The number of likely N-dealkylation sites (tertiary alicyclic amines) is 1. The highest BCUT2D eigenvalue weighted by Gasteiger charge is 2.28. The summed E-state index contributed by atoms with van der Waals surface area (Å²) in [6, 6.07) is 0.117. The molecule has 2 unspecified atom stereocenters. The van der Waals surface area contributed by atoms with Crippen molar-refractivity contribution in [1.29, 1.82) is 0 Å². The molecule has 1 aliphatic rings. The summed E-state index contributed by atoms with van der Waals surface area (Å²) in [5, 5.41) is 0. The smallest absolute Gasteiger partial charge is 0.234 e. The zero-order valence-corrected chi connectivity index (χ0v) is 7.29. The van der Waals surface area contributed by atoms with Crippen LogP contribution in [0.5, 0.6) is 0 Å². The second-order valence-electron chi connectivity index (χ2n) is 3.32. The van der Waals surface area contributed by atoms with E-state index >= 15 is 0 Å². The van der Waals surface area contributed by atoms with Crippen LogP contribution < -0.4 is 5.73 Å². The lowest BCUT2D eigenvalue weighted by Gasteiger charge is -2.13. The number of rotatable bonds is 1. The van der Waals surface area contributed by atoms with E-state index in [0.29, 0.717) is 12.5 Å². The van der Waals surface area contributed by atoms with E-state index in [-0.39, 0.29) is 18.4 Å². The minimum absolute atomic E-state index is 0.0253. The number of carbonyl (C=O) groups excluding carboxylic acids is 1. The number of nitrogens with two attached hydrogens (primary N) is 1. The molecule has 0 radical (unpaired) electrons. The van der Waals surface area contributed by atoms with Crippen LogP contribution in [0.4, 0.5) is 0 Å². The van der Waals surface area contributed by atoms with Crippen molar-refractivity contribution < 1.29 is 4.79 Å². The van der Waals surface area contributed by atoms with E-state index in [2.05, 4.69) is 5.92 Å². The van der Waals surface area contributed by atoms with Crippen molar-refractivity contribution >= 4 is 5.91 Å². The van der Waals surface area contributed by atoms with E-state index in [1.165, 1.54) is 0 Å². The fraction of sp³-hybridized carbons (Fsp3) is 0.667. The maximum atomic E-state index is 11.3. The van der Waals surface area contributed by atoms with Gasteiger partial charge < -0.3 is 10.6 Å². The molecular weight excluding hydrogens is 152 g/mol. The summed E-state index contributed by atoms with van der Waals surface area (Å²) in [5.74, 6) is 2.76. The van der Waals surface area contributed by atoms with Gasteiger partial charge in [0, 0.05) is 19.1 Å². The van der Waals surface area contributed by atoms with Crippen molar-refractivity contribution in [3.8, 4) is 12.3 Å². The molecule has 1 rings (SSSR count). The number of hydrogen-bond donors (Lipinski definition) is 1. The van der Waals surface area contributed by atoms with Gasteiger partial charge in [0.1, 0.15) is 0 Å². The van der Waals surface area contributed by atoms with Crippen LogP contribution in [0.2, 0.25) is 0 Å². The van der Waals surface area contributed by atoms with Gasteiger partial charge in [-0.15, -0.1) is 6.42 Å². The Morgan fingerprint density at radius 3 is 2.83 bits per heavy atom. The summed E-state index contributed by atoms with van der Waals surface area (Å²) in [7, 11) is 0. The Morgan fingerprint density at radius 2 is 2.42 bits per heavy atom. The predicted octanol–water partition coefficient (Wildman–Crippen LogP) is -0.185. The third-order valence-corrected chi connectivity index (χ3v) is 2.28. The lowest BCUT2D eigenvalue weighted by atomic mass is 10.1. The first-order valence-electron chi connectivity index (χ1n) is 4.12.